The van der Waals surface area contributed by atoms with Crippen molar-refractivity contribution >= 4 is 0 Å². The predicted octanol–water partition coefficient (Wildman–Crippen LogP) is 11.5. The molecule has 0 atom stereocenters. The van der Waals surface area contributed by atoms with E-state index in [-0.39, 0.29) is 6.61 Å². The van der Waals surface area contributed by atoms with Crippen molar-refractivity contribution in [3.05, 3.63) is 0 Å². The van der Waals surface area contributed by atoms with Crippen LogP contribution in [0, 0.1) is 0 Å². The van der Waals surface area contributed by atoms with Crippen molar-refractivity contribution in [3.8, 4) is 0 Å². The Kier molecular flexibility index (Phi) is 29.4. The van der Waals surface area contributed by atoms with Crippen molar-refractivity contribution in [2.75, 3.05) is 6.61 Å². The van der Waals surface area contributed by atoms with Gasteiger partial charge >= 0.3 is 0 Å². The smallest absolute Gasteiger partial charge is 0.0647 e. The highest BCUT2D eigenvalue weighted by Gasteiger charge is 2.25. The molecule has 0 amide bonds. The van der Waals surface area contributed by atoms with Gasteiger partial charge in [0.25, 0.3) is 0 Å². The summed E-state index contributed by atoms with van der Waals surface area (Å²) in [6, 6.07) is 0. The van der Waals surface area contributed by atoms with E-state index in [4.69, 9.17) is 5.11 Å². The predicted molar refractivity (Wildman–Crippen MR) is 162 cm³/mol. The van der Waals surface area contributed by atoms with Crippen molar-refractivity contribution < 1.29 is 10.2 Å². The topological polar surface area (TPSA) is 40.5 Å². The number of aliphatic hydroxyl groups excluding tert-OH is 1. The molecule has 2 nitrogen and oxygen atoms in total. The maximum absolute atomic E-state index is 11.4. The van der Waals surface area contributed by atoms with Crippen LogP contribution in [0.2, 0.25) is 0 Å². The van der Waals surface area contributed by atoms with Crippen molar-refractivity contribution in [1.82, 2.24) is 0 Å². The van der Waals surface area contributed by atoms with Crippen LogP contribution >= 0.6 is 0 Å². The van der Waals surface area contributed by atoms with Crippen molar-refractivity contribution in [3.63, 3.8) is 0 Å². The molecule has 0 radical (unpaired) electrons. The number of hydrogen-bond acceptors (Lipinski definition) is 2. The van der Waals surface area contributed by atoms with E-state index in [9.17, 15) is 5.11 Å². The number of hydrogen-bond donors (Lipinski definition) is 2. The van der Waals surface area contributed by atoms with Crippen LogP contribution in [0.3, 0.4) is 0 Å². The van der Waals surface area contributed by atoms with Gasteiger partial charge in [0.1, 0.15) is 0 Å². The third kappa shape index (κ3) is 27.0. The lowest BCUT2D eigenvalue weighted by Gasteiger charge is -2.28. The monoisotopic (exact) mass is 511 g/mol. The van der Waals surface area contributed by atoms with Gasteiger partial charge in [-0.05, 0) is 25.7 Å². The van der Waals surface area contributed by atoms with Crippen LogP contribution in [0.4, 0.5) is 0 Å². The molecule has 0 aromatic carbocycles. The quantitative estimate of drug-likeness (QED) is 0.0910. The highest BCUT2D eigenvalue weighted by molar-refractivity contribution is 4.78. The fourth-order valence-corrected chi connectivity index (χ4v) is 5.71. The van der Waals surface area contributed by atoms with Gasteiger partial charge in [0.15, 0.2) is 0 Å². The van der Waals surface area contributed by atoms with Gasteiger partial charge in [-0.1, -0.05) is 181 Å². The Morgan fingerprint density at radius 1 is 0.333 bits per heavy atom. The van der Waals surface area contributed by atoms with Gasteiger partial charge in [-0.25, -0.2) is 0 Å². The third-order valence-electron chi connectivity index (χ3n) is 8.29. The summed E-state index contributed by atoms with van der Waals surface area (Å²) < 4.78 is 0. The van der Waals surface area contributed by atoms with Crippen LogP contribution in [0.15, 0.2) is 0 Å². The van der Waals surface area contributed by atoms with Gasteiger partial charge < -0.3 is 10.2 Å². The zero-order valence-corrected chi connectivity index (χ0v) is 25.3. The molecule has 218 valence electrons. The highest BCUT2D eigenvalue weighted by atomic mass is 16.3. The lowest BCUT2D eigenvalue weighted by Crippen LogP contribution is -2.28. The lowest BCUT2D eigenvalue weighted by atomic mass is 9.85. The van der Waals surface area contributed by atoms with E-state index in [1.165, 1.54) is 154 Å². The fourth-order valence-electron chi connectivity index (χ4n) is 5.71. The molecule has 0 aliphatic rings. The summed E-state index contributed by atoms with van der Waals surface area (Å²) in [5, 5.41) is 20.5. The van der Waals surface area contributed by atoms with Crippen molar-refractivity contribution in [2.45, 2.75) is 212 Å². The van der Waals surface area contributed by atoms with E-state index >= 15 is 0 Å². The van der Waals surface area contributed by atoms with Crippen LogP contribution in [0.1, 0.15) is 206 Å². The zero-order valence-electron chi connectivity index (χ0n) is 25.3. The third-order valence-corrected chi connectivity index (χ3v) is 8.29. The van der Waals surface area contributed by atoms with Crippen LogP contribution in [0.5, 0.6) is 0 Å². The summed E-state index contributed by atoms with van der Waals surface area (Å²) in [6.07, 6.45) is 38.9. The Morgan fingerprint density at radius 2 is 0.556 bits per heavy atom. The average molecular weight is 511 g/mol. The molecule has 0 saturated carbocycles. The summed E-state index contributed by atoms with van der Waals surface area (Å²) >= 11 is 0. The normalized spacial score (nSPS) is 12.0. The molecular formula is C34H70O2. The van der Waals surface area contributed by atoms with E-state index in [0.29, 0.717) is 0 Å². The second-order valence-electron chi connectivity index (χ2n) is 12.0. The minimum atomic E-state index is -0.452. The second-order valence-corrected chi connectivity index (χ2v) is 12.0. The van der Waals surface area contributed by atoms with E-state index in [1.807, 2.05) is 0 Å². The fraction of sp³-hybridized carbons (Fsp3) is 1.00. The van der Waals surface area contributed by atoms with E-state index in [1.54, 1.807) is 0 Å². The molecule has 0 saturated heterocycles. The van der Waals surface area contributed by atoms with E-state index in [0.717, 1.165) is 38.5 Å². The molecule has 0 aromatic heterocycles. The molecule has 36 heavy (non-hydrogen) atoms. The Balaban J connectivity index is 3.83. The van der Waals surface area contributed by atoms with Crippen molar-refractivity contribution in [2.24, 2.45) is 0 Å². The second kappa shape index (κ2) is 29.5. The summed E-state index contributed by atoms with van der Waals surface area (Å²) in [6.45, 7) is 4.87. The molecule has 2 N–H and O–H groups in total. The molecule has 0 heterocycles. The van der Waals surface area contributed by atoms with E-state index in [2.05, 4.69) is 13.8 Å². The molecular weight excluding hydrogens is 440 g/mol. The summed E-state index contributed by atoms with van der Waals surface area (Å²) in [5.41, 5.74) is -0.452. The van der Waals surface area contributed by atoms with Gasteiger partial charge in [-0.3, -0.25) is 0 Å². The first kappa shape index (κ1) is 35.9. The first-order valence-corrected chi connectivity index (χ1v) is 17.0. The Bertz CT molecular complexity index is 367. The number of aliphatic hydroxyl groups is 2. The summed E-state index contributed by atoms with van der Waals surface area (Å²) in [4.78, 5) is 0. The summed E-state index contributed by atoms with van der Waals surface area (Å²) in [5.74, 6) is 0. The molecule has 0 rings (SSSR count). The molecule has 2 heteroatoms. The zero-order chi connectivity index (χ0) is 26.4. The Labute approximate surface area is 228 Å². The van der Waals surface area contributed by atoms with Gasteiger partial charge in [-0.2, -0.15) is 0 Å². The molecule has 0 bridgehead atoms. The SMILES string of the molecule is CCCCCCCCCCCCCCC(O)(CCCCCO)CCCCCCCCCCCCCC. The van der Waals surface area contributed by atoms with Gasteiger partial charge in [0, 0.05) is 6.61 Å². The maximum Gasteiger partial charge on any atom is 0.0647 e. The van der Waals surface area contributed by atoms with Crippen molar-refractivity contribution in [1.29, 1.82) is 0 Å². The minimum Gasteiger partial charge on any atom is -0.396 e. The van der Waals surface area contributed by atoms with Gasteiger partial charge in [-0.15, -0.1) is 0 Å². The number of unbranched alkanes of at least 4 members (excludes halogenated alkanes) is 24. The van der Waals surface area contributed by atoms with E-state index < -0.39 is 5.60 Å². The van der Waals surface area contributed by atoms with Gasteiger partial charge in [0.05, 0.1) is 5.60 Å². The molecule has 0 fully saturated rings. The molecule has 0 aliphatic heterocycles. The first-order valence-electron chi connectivity index (χ1n) is 17.0. The highest BCUT2D eigenvalue weighted by Crippen LogP contribution is 2.29. The molecule has 0 unspecified atom stereocenters. The Hall–Kier alpha value is -0.0800. The molecule has 0 aliphatic carbocycles. The van der Waals surface area contributed by atoms with Crippen LogP contribution in [-0.2, 0) is 0 Å². The largest absolute Gasteiger partial charge is 0.396 e. The summed E-state index contributed by atoms with van der Waals surface area (Å²) in [7, 11) is 0. The lowest BCUT2D eigenvalue weighted by molar-refractivity contribution is 0.00682. The number of rotatable bonds is 31. The Morgan fingerprint density at radius 3 is 0.806 bits per heavy atom. The first-order chi connectivity index (χ1) is 17.7. The van der Waals surface area contributed by atoms with Crippen LogP contribution < -0.4 is 0 Å². The van der Waals surface area contributed by atoms with Gasteiger partial charge in [0.2, 0.25) is 0 Å². The standard InChI is InChI=1S/C34H70O2/c1-3-5-7-9-11-13-15-17-19-21-23-26-30-34(36,32-28-25-29-33-35)31-27-24-22-20-18-16-14-12-10-8-6-4-2/h35-36H,3-33H2,1-2H3. The average Bonchev–Trinajstić information content (AvgIpc) is 2.88. The van der Waals surface area contributed by atoms with Crippen LogP contribution in [-0.4, -0.2) is 22.4 Å². The minimum absolute atomic E-state index is 0.288. The van der Waals surface area contributed by atoms with Crippen LogP contribution in [0.25, 0.3) is 0 Å². The molecule has 0 spiro atoms. The molecule has 0 aromatic rings. The maximum atomic E-state index is 11.4.